The van der Waals surface area contributed by atoms with Crippen LogP contribution in [0.1, 0.15) is 42.6 Å². The Bertz CT molecular complexity index is 428. The molecule has 0 atom stereocenters. The van der Waals surface area contributed by atoms with Gasteiger partial charge in [-0.2, -0.15) is 5.10 Å². The highest BCUT2D eigenvalue weighted by molar-refractivity contribution is 6.34. The normalized spacial score (nSPS) is 19.2. The Morgan fingerprint density at radius 2 is 2.00 bits per heavy atom. The van der Waals surface area contributed by atoms with Gasteiger partial charge < -0.3 is 0 Å². The Hall–Kier alpha value is -0.870. The van der Waals surface area contributed by atoms with Crippen LogP contribution in [-0.4, -0.2) is 40.1 Å². The number of halogens is 1. The minimum Gasteiger partial charge on any atom is -0.297 e. The van der Waals surface area contributed by atoms with E-state index in [1.165, 1.54) is 6.42 Å². The molecule has 0 radical (unpaired) electrons. The third-order valence-electron chi connectivity index (χ3n) is 4.07. The number of aromatic nitrogens is 2. The van der Waals surface area contributed by atoms with Crippen molar-refractivity contribution in [2.24, 2.45) is 7.05 Å². The van der Waals surface area contributed by atoms with Gasteiger partial charge in [-0.15, -0.1) is 0 Å². The third-order valence-corrected chi connectivity index (χ3v) is 4.35. The summed E-state index contributed by atoms with van der Waals surface area (Å²) in [7, 11) is 5.73. The zero-order valence-corrected chi connectivity index (χ0v) is 12.0. The molecule has 0 N–H and O–H groups in total. The smallest absolute Gasteiger partial charge is 0.202 e. The number of hydrogen-bond acceptors (Lipinski definition) is 3. The lowest BCUT2D eigenvalue weighted by molar-refractivity contribution is 0.0554. The minimum absolute atomic E-state index is 0.109. The van der Waals surface area contributed by atoms with Gasteiger partial charge in [0, 0.05) is 7.05 Å². The molecular formula is C13H20ClN3O. The van der Waals surface area contributed by atoms with Crippen molar-refractivity contribution in [1.29, 1.82) is 0 Å². The largest absolute Gasteiger partial charge is 0.297 e. The molecule has 1 heterocycles. The Labute approximate surface area is 113 Å². The first-order chi connectivity index (χ1) is 8.49. The molecule has 1 saturated carbocycles. The summed E-state index contributed by atoms with van der Waals surface area (Å²) in [4.78, 5) is 14.9. The van der Waals surface area contributed by atoms with Crippen molar-refractivity contribution < 1.29 is 4.79 Å². The van der Waals surface area contributed by atoms with Gasteiger partial charge >= 0.3 is 0 Å². The van der Waals surface area contributed by atoms with Crippen molar-refractivity contribution in [3.63, 3.8) is 0 Å². The van der Waals surface area contributed by atoms with Gasteiger partial charge in [0.25, 0.3) is 0 Å². The zero-order valence-electron chi connectivity index (χ0n) is 11.2. The fourth-order valence-corrected chi connectivity index (χ4v) is 3.15. The molecule has 0 aliphatic heterocycles. The second-order valence-electron chi connectivity index (χ2n) is 5.28. The number of Topliss-reactive ketones (excluding diaryl/α,β-unsaturated/α-hetero) is 1. The quantitative estimate of drug-likeness (QED) is 0.792. The SMILES string of the molecule is CN(C)C1(C(=O)c2c(Cl)cnn2C)CCCCC1. The molecular weight excluding hydrogens is 250 g/mol. The average Bonchev–Trinajstić information content (AvgIpc) is 2.69. The molecule has 1 aliphatic carbocycles. The first-order valence-electron chi connectivity index (χ1n) is 6.39. The molecule has 1 fully saturated rings. The number of hydrogen-bond donors (Lipinski definition) is 0. The van der Waals surface area contributed by atoms with Gasteiger partial charge in [0.15, 0.2) is 0 Å². The summed E-state index contributed by atoms with van der Waals surface area (Å²) in [6, 6.07) is 0. The van der Waals surface area contributed by atoms with Crippen molar-refractivity contribution in [2.75, 3.05) is 14.1 Å². The van der Waals surface area contributed by atoms with Gasteiger partial charge in [0.1, 0.15) is 5.69 Å². The molecule has 1 aromatic rings. The highest BCUT2D eigenvalue weighted by atomic mass is 35.5. The van der Waals surface area contributed by atoms with E-state index in [1.54, 1.807) is 17.9 Å². The van der Waals surface area contributed by atoms with Crippen LogP contribution in [0.2, 0.25) is 5.02 Å². The van der Waals surface area contributed by atoms with Crippen LogP contribution in [0.25, 0.3) is 0 Å². The van der Waals surface area contributed by atoms with Crippen LogP contribution in [0.5, 0.6) is 0 Å². The second-order valence-corrected chi connectivity index (χ2v) is 5.69. The predicted molar refractivity (Wildman–Crippen MR) is 72.1 cm³/mol. The van der Waals surface area contributed by atoms with Crippen LogP contribution in [0, 0.1) is 0 Å². The molecule has 5 heteroatoms. The van der Waals surface area contributed by atoms with Crippen molar-refractivity contribution in [3.8, 4) is 0 Å². The Morgan fingerprint density at radius 3 is 2.44 bits per heavy atom. The van der Waals surface area contributed by atoms with Crippen LogP contribution in [0.4, 0.5) is 0 Å². The number of rotatable bonds is 3. The lowest BCUT2D eigenvalue weighted by Gasteiger charge is -2.41. The van der Waals surface area contributed by atoms with Gasteiger partial charge in [-0.3, -0.25) is 14.4 Å². The topological polar surface area (TPSA) is 38.1 Å². The molecule has 0 bridgehead atoms. The molecule has 0 amide bonds. The van der Waals surface area contributed by atoms with Gasteiger partial charge in [-0.05, 0) is 26.9 Å². The fraction of sp³-hybridized carbons (Fsp3) is 0.692. The summed E-state index contributed by atoms with van der Waals surface area (Å²) >= 11 is 6.10. The summed E-state index contributed by atoms with van der Waals surface area (Å²) in [5, 5.41) is 4.52. The van der Waals surface area contributed by atoms with E-state index in [9.17, 15) is 4.79 Å². The molecule has 0 unspecified atom stereocenters. The molecule has 1 aliphatic rings. The Kier molecular flexibility index (Phi) is 3.78. The maximum absolute atomic E-state index is 12.9. The van der Waals surface area contributed by atoms with Crippen LogP contribution >= 0.6 is 11.6 Å². The van der Waals surface area contributed by atoms with Crippen molar-refractivity contribution in [2.45, 2.75) is 37.6 Å². The Morgan fingerprint density at radius 1 is 1.39 bits per heavy atom. The maximum atomic E-state index is 12.9. The maximum Gasteiger partial charge on any atom is 0.202 e. The zero-order chi connectivity index (χ0) is 13.3. The second kappa shape index (κ2) is 5.02. The number of ketones is 1. The predicted octanol–water partition coefficient (Wildman–Crippen LogP) is 2.52. The number of aryl methyl sites for hydroxylation is 1. The van der Waals surface area contributed by atoms with Gasteiger partial charge in [-0.25, -0.2) is 0 Å². The summed E-state index contributed by atoms with van der Waals surface area (Å²) in [5.41, 5.74) is 0.127. The lowest BCUT2D eigenvalue weighted by atomic mass is 9.76. The number of carbonyl (C=O) groups excluding carboxylic acids is 1. The van der Waals surface area contributed by atoms with Crippen molar-refractivity contribution >= 4 is 17.4 Å². The van der Waals surface area contributed by atoms with Crippen LogP contribution in [-0.2, 0) is 7.05 Å². The lowest BCUT2D eigenvalue weighted by Crippen LogP contribution is -2.52. The number of carbonyl (C=O) groups is 1. The molecule has 0 saturated heterocycles. The van der Waals surface area contributed by atoms with E-state index in [2.05, 4.69) is 10.00 Å². The van der Waals surface area contributed by atoms with Gasteiger partial charge in [0.2, 0.25) is 5.78 Å². The molecule has 0 aromatic carbocycles. The molecule has 18 heavy (non-hydrogen) atoms. The van der Waals surface area contributed by atoms with Crippen molar-refractivity contribution in [3.05, 3.63) is 16.9 Å². The van der Waals surface area contributed by atoms with E-state index in [0.29, 0.717) is 10.7 Å². The molecule has 0 spiro atoms. The standard InChI is InChI=1S/C13H20ClN3O/c1-16(2)13(7-5-4-6-8-13)12(18)11-10(14)9-15-17(11)3/h9H,4-8H2,1-3H3. The average molecular weight is 270 g/mol. The summed E-state index contributed by atoms with van der Waals surface area (Å²) in [6.07, 6.45) is 6.75. The number of nitrogens with zero attached hydrogens (tertiary/aromatic N) is 3. The molecule has 1 aromatic heterocycles. The molecule has 2 rings (SSSR count). The Balaban J connectivity index is 2.41. The van der Waals surface area contributed by atoms with E-state index in [0.717, 1.165) is 25.7 Å². The van der Waals surface area contributed by atoms with Crippen LogP contribution < -0.4 is 0 Å². The van der Waals surface area contributed by atoms with E-state index in [-0.39, 0.29) is 5.78 Å². The van der Waals surface area contributed by atoms with E-state index >= 15 is 0 Å². The van der Waals surface area contributed by atoms with Crippen LogP contribution in [0.3, 0.4) is 0 Å². The van der Waals surface area contributed by atoms with Gasteiger partial charge in [-0.1, -0.05) is 30.9 Å². The van der Waals surface area contributed by atoms with E-state index in [1.807, 2.05) is 14.1 Å². The highest BCUT2D eigenvalue weighted by Gasteiger charge is 2.43. The van der Waals surface area contributed by atoms with Gasteiger partial charge in [0.05, 0.1) is 16.8 Å². The summed E-state index contributed by atoms with van der Waals surface area (Å²) in [6.45, 7) is 0. The third kappa shape index (κ3) is 2.08. The monoisotopic (exact) mass is 269 g/mol. The minimum atomic E-state index is -0.407. The first-order valence-corrected chi connectivity index (χ1v) is 6.76. The number of likely N-dealkylation sites (N-methyl/N-ethyl adjacent to an activating group) is 1. The molecule has 4 nitrogen and oxygen atoms in total. The van der Waals surface area contributed by atoms with E-state index in [4.69, 9.17) is 11.6 Å². The first kappa shape index (κ1) is 13.6. The summed E-state index contributed by atoms with van der Waals surface area (Å²) < 4.78 is 1.59. The molecule has 100 valence electrons. The highest BCUT2D eigenvalue weighted by Crippen LogP contribution is 2.36. The fourth-order valence-electron chi connectivity index (χ4n) is 2.90. The summed E-state index contributed by atoms with van der Waals surface area (Å²) in [5.74, 6) is 0.109. The van der Waals surface area contributed by atoms with Crippen LogP contribution in [0.15, 0.2) is 6.20 Å². The van der Waals surface area contributed by atoms with Crippen molar-refractivity contribution in [1.82, 2.24) is 14.7 Å². The van der Waals surface area contributed by atoms with E-state index < -0.39 is 5.54 Å².